The Morgan fingerprint density at radius 1 is 1.35 bits per heavy atom. The van der Waals surface area contributed by atoms with Gasteiger partial charge in [-0.2, -0.15) is 5.10 Å². The van der Waals surface area contributed by atoms with Gasteiger partial charge in [-0.15, -0.1) is 0 Å². The van der Waals surface area contributed by atoms with Crippen LogP contribution in [0.4, 0.5) is 0 Å². The molecule has 0 spiro atoms. The highest BCUT2D eigenvalue weighted by atomic mass is 79.9. The number of hydrogen-bond donors (Lipinski definition) is 1. The van der Waals surface area contributed by atoms with Crippen molar-refractivity contribution in [3.63, 3.8) is 0 Å². The lowest BCUT2D eigenvalue weighted by Gasteiger charge is -2.08. The molecule has 0 fully saturated rings. The lowest BCUT2D eigenvalue weighted by Crippen LogP contribution is -2.20. The van der Waals surface area contributed by atoms with Crippen molar-refractivity contribution in [1.82, 2.24) is 14.8 Å². The van der Waals surface area contributed by atoms with Crippen LogP contribution >= 0.6 is 15.9 Å². The lowest BCUT2D eigenvalue weighted by atomic mass is 10.2. The van der Waals surface area contributed by atoms with Crippen LogP contribution < -0.4 is 5.69 Å². The van der Waals surface area contributed by atoms with Crippen molar-refractivity contribution < 1.29 is 0 Å². The average Bonchev–Trinajstić information content (AvgIpc) is 2.61. The molecule has 0 unspecified atom stereocenters. The topological polar surface area (TPSA) is 50.7 Å². The van der Waals surface area contributed by atoms with Crippen molar-refractivity contribution in [3.8, 4) is 11.4 Å². The van der Waals surface area contributed by atoms with Gasteiger partial charge >= 0.3 is 5.69 Å². The zero-order valence-electron chi connectivity index (χ0n) is 9.77. The highest BCUT2D eigenvalue weighted by molar-refractivity contribution is 9.10. The molecule has 0 amide bonds. The summed E-state index contributed by atoms with van der Waals surface area (Å²) in [6.07, 6.45) is 0. The molecule has 0 aliphatic rings. The maximum atomic E-state index is 11.7. The highest BCUT2D eigenvalue weighted by Gasteiger charge is 2.11. The second-order valence-electron chi connectivity index (χ2n) is 4.36. The summed E-state index contributed by atoms with van der Waals surface area (Å²) in [7, 11) is 0. The second kappa shape index (κ2) is 4.87. The molecule has 2 aromatic rings. The summed E-state index contributed by atoms with van der Waals surface area (Å²) in [5.74, 6) is 1.09. The molecule has 0 aliphatic heterocycles. The van der Waals surface area contributed by atoms with E-state index in [0.717, 1.165) is 10.0 Å². The molecule has 0 saturated heterocycles. The van der Waals surface area contributed by atoms with E-state index in [1.54, 1.807) is 4.57 Å². The molecule has 17 heavy (non-hydrogen) atoms. The Kier molecular flexibility index (Phi) is 3.47. The Morgan fingerprint density at radius 3 is 2.59 bits per heavy atom. The zero-order valence-corrected chi connectivity index (χ0v) is 11.4. The van der Waals surface area contributed by atoms with Crippen molar-refractivity contribution in [2.45, 2.75) is 20.4 Å². The summed E-state index contributed by atoms with van der Waals surface area (Å²) in [4.78, 5) is 11.7. The summed E-state index contributed by atoms with van der Waals surface area (Å²) in [5.41, 5.74) is 0.781. The molecule has 1 N–H and O–H groups in total. The summed E-state index contributed by atoms with van der Waals surface area (Å²) in [6.45, 7) is 4.82. The largest absolute Gasteiger partial charge is 0.343 e. The van der Waals surface area contributed by atoms with Crippen LogP contribution in [0.3, 0.4) is 0 Å². The minimum absolute atomic E-state index is 0.156. The van der Waals surface area contributed by atoms with E-state index in [1.165, 1.54) is 0 Å². The number of halogens is 1. The number of nitrogens with one attached hydrogen (secondary N) is 1. The van der Waals surface area contributed by atoms with Gasteiger partial charge in [0, 0.05) is 16.6 Å². The van der Waals surface area contributed by atoms with Crippen molar-refractivity contribution in [2.24, 2.45) is 5.92 Å². The fourth-order valence-corrected chi connectivity index (χ4v) is 1.94. The van der Waals surface area contributed by atoms with E-state index in [4.69, 9.17) is 0 Å². The number of benzene rings is 1. The zero-order chi connectivity index (χ0) is 12.4. The molecule has 5 heteroatoms. The minimum atomic E-state index is -0.156. The van der Waals surface area contributed by atoms with Crippen LogP contribution in [0.2, 0.25) is 0 Å². The molecule has 1 heterocycles. The molecule has 0 atom stereocenters. The first-order valence-electron chi connectivity index (χ1n) is 5.49. The third-order valence-electron chi connectivity index (χ3n) is 2.41. The number of rotatable bonds is 3. The molecule has 0 radical (unpaired) electrons. The van der Waals surface area contributed by atoms with Crippen LogP contribution in [-0.2, 0) is 6.54 Å². The van der Waals surface area contributed by atoms with Crippen molar-refractivity contribution in [2.75, 3.05) is 0 Å². The van der Waals surface area contributed by atoms with Gasteiger partial charge in [0.05, 0.1) is 0 Å². The Morgan fingerprint density at radius 2 is 2.00 bits per heavy atom. The van der Waals surface area contributed by atoms with Crippen LogP contribution in [-0.4, -0.2) is 14.8 Å². The molecule has 1 aromatic carbocycles. The van der Waals surface area contributed by atoms with Crippen molar-refractivity contribution in [3.05, 3.63) is 39.2 Å². The Labute approximate surface area is 108 Å². The quantitative estimate of drug-likeness (QED) is 0.946. The van der Waals surface area contributed by atoms with Crippen molar-refractivity contribution >= 4 is 15.9 Å². The Hall–Kier alpha value is -1.36. The number of H-pyrrole nitrogens is 1. The fraction of sp³-hybridized carbons (Fsp3) is 0.333. The maximum absolute atomic E-state index is 11.7. The normalized spacial score (nSPS) is 11.1. The van der Waals surface area contributed by atoms with Crippen LogP contribution in [0.25, 0.3) is 11.4 Å². The monoisotopic (exact) mass is 295 g/mol. The van der Waals surface area contributed by atoms with Gasteiger partial charge in [0.15, 0.2) is 5.82 Å². The molecule has 4 nitrogen and oxygen atoms in total. The molecular formula is C12H14BrN3O. The molecule has 0 aliphatic carbocycles. The van der Waals surface area contributed by atoms with E-state index in [9.17, 15) is 4.79 Å². The van der Waals surface area contributed by atoms with E-state index in [-0.39, 0.29) is 5.69 Å². The van der Waals surface area contributed by atoms with Gasteiger partial charge in [-0.3, -0.25) is 4.57 Å². The van der Waals surface area contributed by atoms with Gasteiger partial charge in [0.2, 0.25) is 0 Å². The van der Waals surface area contributed by atoms with Gasteiger partial charge in [0.25, 0.3) is 0 Å². The first-order chi connectivity index (χ1) is 8.08. The van der Waals surface area contributed by atoms with Crippen LogP contribution in [0, 0.1) is 5.92 Å². The minimum Gasteiger partial charge on any atom is -0.275 e. The lowest BCUT2D eigenvalue weighted by molar-refractivity contribution is 0.515. The molecule has 1 aromatic heterocycles. The van der Waals surface area contributed by atoms with Crippen LogP contribution in [0.15, 0.2) is 33.5 Å². The highest BCUT2D eigenvalue weighted by Crippen LogP contribution is 2.19. The number of aromatic amines is 1. The van der Waals surface area contributed by atoms with Crippen LogP contribution in [0.1, 0.15) is 13.8 Å². The van der Waals surface area contributed by atoms with Gasteiger partial charge < -0.3 is 0 Å². The molecule has 0 saturated carbocycles. The number of hydrogen-bond acceptors (Lipinski definition) is 2. The summed E-state index contributed by atoms with van der Waals surface area (Å²) >= 11 is 3.39. The first-order valence-corrected chi connectivity index (χ1v) is 6.28. The van der Waals surface area contributed by atoms with Crippen molar-refractivity contribution in [1.29, 1.82) is 0 Å². The molecular weight excluding hydrogens is 282 g/mol. The van der Waals surface area contributed by atoms with Gasteiger partial charge in [-0.25, -0.2) is 9.89 Å². The van der Waals surface area contributed by atoms with E-state index in [1.807, 2.05) is 24.3 Å². The van der Waals surface area contributed by atoms with E-state index in [0.29, 0.717) is 18.3 Å². The predicted molar refractivity (Wildman–Crippen MR) is 70.8 cm³/mol. The Balaban J connectivity index is 2.45. The number of aromatic nitrogens is 3. The third-order valence-corrected chi connectivity index (χ3v) is 2.94. The Bertz CT molecular complexity index is 554. The first kappa shape index (κ1) is 12.1. The van der Waals surface area contributed by atoms with E-state index >= 15 is 0 Å². The number of nitrogens with zero attached hydrogens (tertiary/aromatic N) is 2. The standard InChI is InChI=1S/C12H14BrN3O/c1-8(2)7-16-11(14-15-12(16)17)9-3-5-10(13)6-4-9/h3-6,8H,7H2,1-2H3,(H,15,17). The third kappa shape index (κ3) is 2.66. The smallest absolute Gasteiger partial charge is 0.275 e. The summed E-state index contributed by atoms with van der Waals surface area (Å²) < 4.78 is 2.68. The summed E-state index contributed by atoms with van der Waals surface area (Å²) in [5, 5.41) is 6.58. The van der Waals surface area contributed by atoms with Gasteiger partial charge in [-0.05, 0) is 18.1 Å². The maximum Gasteiger partial charge on any atom is 0.343 e. The van der Waals surface area contributed by atoms with Gasteiger partial charge in [0.1, 0.15) is 0 Å². The molecule has 0 bridgehead atoms. The van der Waals surface area contributed by atoms with Gasteiger partial charge in [-0.1, -0.05) is 41.9 Å². The SMILES string of the molecule is CC(C)Cn1c(-c2ccc(Br)cc2)n[nH]c1=O. The summed E-state index contributed by atoms with van der Waals surface area (Å²) in [6, 6.07) is 7.76. The fourth-order valence-electron chi connectivity index (χ4n) is 1.67. The molecule has 90 valence electrons. The second-order valence-corrected chi connectivity index (χ2v) is 5.28. The van der Waals surface area contributed by atoms with E-state index < -0.39 is 0 Å². The average molecular weight is 296 g/mol. The van der Waals surface area contributed by atoms with Crippen LogP contribution in [0.5, 0.6) is 0 Å². The molecule has 2 rings (SSSR count). The van der Waals surface area contributed by atoms with E-state index in [2.05, 4.69) is 40.0 Å². The predicted octanol–water partition coefficient (Wildman–Crippen LogP) is 2.66.